The number of hydrogen-bond acceptors (Lipinski definition) is 5. The van der Waals surface area contributed by atoms with Crippen LogP contribution in [-0.4, -0.2) is 33.4 Å². The third-order valence-corrected chi connectivity index (χ3v) is 3.47. The summed E-state index contributed by atoms with van der Waals surface area (Å²) in [5.41, 5.74) is -0.815. The van der Waals surface area contributed by atoms with Crippen molar-refractivity contribution in [2.45, 2.75) is 64.9 Å². The van der Waals surface area contributed by atoms with Gasteiger partial charge in [0.15, 0.2) is 0 Å². The van der Waals surface area contributed by atoms with Gasteiger partial charge in [-0.3, -0.25) is 4.79 Å². The predicted molar refractivity (Wildman–Crippen MR) is 75.2 cm³/mol. The summed E-state index contributed by atoms with van der Waals surface area (Å²) < 4.78 is 5.43. The van der Waals surface area contributed by atoms with Crippen LogP contribution in [-0.2, 0) is 11.2 Å². The number of carbonyl (C=O) groups is 1. The van der Waals surface area contributed by atoms with Gasteiger partial charge in [0, 0.05) is 25.3 Å². The fourth-order valence-corrected chi connectivity index (χ4v) is 1.67. The number of aliphatic hydroxyl groups is 1. The first-order chi connectivity index (χ1) is 9.40. The molecular weight excluding hydrogens is 258 g/mol. The van der Waals surface area contributed by atoms with Gasteiger partial charge >= 0.3 is 0 Å². The van der Waals surface area contributed by atoms with Crippen molar-refractivity contribution in [3.05, 3.63) is 11.8 Å². The molecule has 0 aliphatic carbocycles. The van der Waals surface area contributed by atoms with Crippen LogP contribution in [0, 0.1) is 0 Å². The lowest BCUT2D eigenvalue weighted by Crippen LogP contribution is -2.42. The summed E-state index contributed by atoms with van der Waals surface area (Å²) in [5.74, 6) is 1.14. The summed E-state index contributed by atoms with van der Waals surface area (Å²) in [6.45, 7) is 8.03. The molecule has 0 radical (unpaired) electrons. The Morgan fingerprint density at radius 3 is 2.50 bits per heavy atom. The first-order valence-corrected chi connectivity index (χ1v) is 7.21. The van der Waals surface area contributed by atoms with Crippen LogP contribution in [0.3, 0.4) is 0 Å². The molecule has 0 spiro atoms. The molecule has 1 rings (SSSR count). The monoisotopic (exact) mass is 283 g/mol. The van der Waals surface area contributed by atoms with Crippen molar-refractivity contribution < 1.29 is 14.3 Å². The minimum atomic E-state index is -0.815. The van der Waals surface area contributed by atoms with Crippen LogP contribution in [0.2, 0.25) is 0 Å². The third kappa shape index (κ3) is 4.92. The van der Waals surface area contributed by atoms with Crippen LogP contribution in [0.25, 0.3) is 0 Å². The lowest BCUT2D eigenvalue weighted by atomic mass is 9.97. The molecule has 0 saturated carbocycles. The molecule has 6 heteroatoms. The van der Waals surface area contributed by atoms with Gasteiger partial charge in [0.25, 0.3) is 0 Å². The lowest BCUT2D eigenvalue weighted by molar-refractivity contribution is -0.122. The summed E-state index contributed by atoms with van der Waals surface area (Å²) in [6, 6.07) is 0. The van der Waals surface area contributed by atoms with E-state index in [1.807, 2.05) is 27.7 Å². The fourth-order valence-electron chi connectivity index (χ4n) is 1.67. The zero-order valence-electron chi connectivity index (χ0n) is 12.8. The number of aromatic nitrogens is 2. The van der Waals surface area contributed by atoms with Crippen molar-refractivity contribution in [2.75, 3.05) is 6.54 Å². The highest BCUT2D eigenvalue weighted by molar-refractivity contribution is 5.76. The lowest BCUT2D eigenvalue weighted by Gasteiger charge is -2.25. The Kier molecular flexibility index (Phi) is 6.13. The van der Waals surface area contributed by atoms with Gasteiger partial charge in [0.2, 0.25) is 17.7 Å². The topological polar surface area (TPSA) is 88.2 Å². The minimum absolute atomic E-state index is 0.116. The van der Waals surface area contributed by atoms with Gasteiger partial charge in [-0.2, -0.15) is 0 Å². The van der Waals surface area contributed by atoms with E-state index in [1.54, 1.807) is 0 Å². The van der Waals surface area contributed by atoms with Gasteiger partial charge in [-0.25, -0.2) is 0 Å². The van der Waals surface area contributed by atoms with Gasteiger partial charge in [-0.05, 0) is 12.8 Å². The summed E-state index contributed by atoms with van der Waals surface area (Å²) in [7, 11) is 0. The van der Waals surface area contributed by atoms with Crippen molar-refractivity contribution in [3.63, 3.8) is 0 Å². The van der Waals surface area contributed by atoms with E-state index in [9.17, 15) is 9.90 Å². The minimum Gasteiger partial charge on any atom is -0.425 e. The number of carbonyl (C=O) groups excluding carboxylic acids is 1. The normalized spacial score (nSPS) is 11.9. The van der Waals surface area contributed by atoms with Crippen molar-refractivity contribution in [1.29, 1.82) is 0 Å². The largest absolute Gasteiger partial charge is 0.425 e. The van der Waals surface area contributed by atoms with Gasteiger partial charge in [0.1, 0.15) is 0 Å². The van der Waals surface area contributed by atoms with Gasteiger partial charge in [-0.15, -0.1) is 10.2 Å². The molecule has 0 aliphatic heterocycles. The maximum Gasteiger partial charge on any atom is 0.220 e. The van der Waals surface area contributed by atoms with Crippen LogP contribution in [0.1, 0.15) is 64.7 Å². The molecule has 0 atom stereocenters. The molecule has 1 aromatic rings. The average molecular weight is 283 g/mol. The van der Waals surface area contributed by atoms with Crippen molar-refractivity contribution >= 4 is 5.91 Å². The number of nitrogens with one attached hydrogen (secondary N) is 1. The highest BCUT2D eigenvalue weighted by atomic mass is 16.4. The molecule has 0 unspecified atom stereocenters. The van der Waals surface area contributed by atoms with Crippen LogP contribution >= 0.6 is 0 Å². The molecular formula is C14H25N3O3. The number of rotatable bonds is 8. The molecule has 6 nitrogen and oxygen atoms in total. The third-order valence-electron chi connectivity index (χ3n) is 3.47. The molecule has 20 heavy (non-hydrogen) atoms. The summed E-state index contributed by atoms with van der Waals surface area (Å²) >= 11 is 0. The highest BCUT2D eigenvalue weighted by Gasteiger charge is 2.22. The molecule has 1 heterocycles. The van der Waals surface area contributed by atoms with Crippen LogP contribution in [0.4, 0.5) is 0 Å². The first-order valence-electron chi connectivity index (χ1n) is 7.21. The molecule has 0 aliphatic rings. The van der Waals surface area contributed by atoms with Crippen LogP contribution in [0.5, 0.6) is 0 Å². The second kappa shape index (κ2) is 7.38. The van der Waals surface area contributed by atoms with Crippen molar-refractivity contribution in [3.8, 4) is 0 Å². The highest BCUT2D eigenvalue weighted by Crippen LogP contribution is 2.14. The second-order valence-corrected chi connectivity index (χ2v) is 5.40. The van der Waals surface area contributed by atoms with E-state index < -0.39 is 5.60 Å². The van der Waals surface area contributed by atoms with Gasteiger partial charge in [-0.1, -0.05) is 27.7 Å². The Morgan fingerprint density at radius 2 is 2.00 bits per heavy atom. The zero-order valence-corrected chi connectivity index (χ0v) is 12.8. The molecule has 0 saturated heterocycles. The van der Waals surface area contributed by atoms with E-state index in [-0.39, 0.29) is 24.8 Å². The summed E-state index contributed by atoms with van der Waals surface area (Å²) in [4.78, 5) is 11.7. The van der Waals surface area contributed by atoms with Crippen LogP contribution in [0.15, 0.2) is 4.42 Å². The standard InChI is InChI=1S/C14H25N3O3/c1-5-14(19,6-2)9-15-11(18)7-8-12-16-17-13(20-12)10(3)4/h10,19H,5-9H2,1-4H3,(H,15,18). The van der Waals surface area contributed by atoms with E-state index in [1.165, 1.54) is 0 Å². The van der Waals surface area contributed by atoms with Gasteiger partial charge < -0.3 is 14.8 Å². The Morgan fingerprint density at radius 1 is 1.35 bits per heavy atom. The van der Waals surface area contributed by atoms with E-state index in [0.717, 1.165) is 0 Å². The first kappa shape index (κ1) is 16.6. The molecule has 114 valence electrons. The number of aryl methyl sites for hydroxylation is 1. The number of hydrogen-bond donors (Lipinski definition) is 2. The Bertz CT molecular complexity index is 425. The average Bonchev–Trinajstić information content (AvgIpc) is 2.91. The Balaban J connectivity index is 2.36. The van der Waals surface area contributed by atoms with E-state index >= 15 is 0 Å². The van der Waals surface area contributed by atoms with Gasteiger partial charge in [0.05, 0.1) is 5.60 Å². The predicted octanol–water partition coefficient (Wildman–Crippen LogP) is 1.79. The molecule has 0 bridgehead atoms. The van der Waals surface area contributed by atoms with Crippen LogP contribution < -0.4 is 5.32 Å². The van der Waals surface area contributed by atoms with E-state index in [0.29, 0.717) is 31.0 Å². The quantitative estimate of drug-likeness (QED) is 0.759. The fraction of sp³-hybridized carbons (Fsp3) is 0.786. The smallest absolute Gasteiger partial charge is 0.220 e. The summed E-state index contributed by atoms with van der Waals surface area (Å²) in [5, 5.41) is 20.6. The SMILES string of the molecule is CCC(O)(CC)CNC(=O)CCc1nnc(C(C)C)o1. The maximum atomic E-state index is 11.7. The number of nitrogens with zero attached hydrogens (tertiary/aromatic N) is 2. The van der Waals surface area contributed by atoms with Crippen molar-refractivity contribution in [2.24, 2.45) is 0 Å². The maximum absolute atomic E-state index is 11.7. The molecule has 0 aromatic carbocycles. The summed E-state index contributed by atoms with van der Waals surface area (Å²) in [6.07, 6.45) is 1.93. The van der Waals surface area contributed by atoms with Crippen molar-refractivity contribution in [1.82, 2.24) is 15.5 Å². The molecule has 2 N–H and O–H groups in total. The number of amides is 1. The zero-order chi connectivity index (χ0) is 15.2. The molecule has 0 fully saturated rings. The molecule has 1 amide bonds. The Labute approximate surface area is 120 Å². The van der Waals surface area contributed by atoms with E-state index in [4.69, 9.17) is 4.42 Å². The molecule has 1 aromatic heterocycles. The second-order valence-electron chi connectivity index (χ2n) is 5.40. The van der Waals surface area contributed by atoms with E-state index in [2.05, 4.69) is 15.5 Å². The Hall–Kier alpha value is -1.43.